The quantitative estimate of drug-likeness (QED) is 0.523. The molecular formula is C11H23NO3. The Hall–Kier alpha value is -0.160. The van der Waals surface area contributed by atoms with Crippen molar-refractivity contribution in [2.45, 2.75) is 50.2 Å². The molecule has 0 aromatic carbocycles. The lowest BCUT2D eigenvalue weighted by Gasteiger charge is -2.36. The molecule has 0 atom stereocenters. The van der Waals surface area contributed by atoms with E-state index < -0.39 is 11.1 Å². The molecule has 0 spiro atoms. The van der Waals surface area contributed by atoms with Crippen LogP contribution in [0.1, 0.15) is 39.0 Å². The minimum atomic E-state index is -0.687. The van der Waals surface area contributed by atoms with Gasteiger partial charge in [0, 0.05) is 6.54 Å². The molecule has 0 heterocycles. The topological polar surface area (TPSA) is 72.7 Å². The van der Waals surface area contributed by atoms with Crippen molar-refractivity contribution in [2.75, 3.05) is 19.8 Å². The summed E-state index contributed by atoms with van der Waals surface area (Å²) in [6, 6.07) is 0. The molecule has 15 heavy (non-hydrogen) atoms. The minimum Gasteiger partial charge on any atom is -0.394 e. The van der Waals surface area contributed by atoms with E-state index in [-0.39, 0.29) is 13.2 Å². The van der Waals surface area contributed by atoms with Crippen molar-refractivity contribution in [3.8, 4) is 0 Å². The molecule has 4 N–H and O–H groups in total. The summed E-state index contributed by atoms with van der Waals surface area (Å²) >= 11 is 0. The Morgan fingerprint density at radius 2 is 1.67 bits per heavy atom. The van der Waals surface area contributed by atoms with Gasteiger partial charge in [0.1, 0.15) is 0 Å². The van der Waals surface area contributed by atoms with Crippen LogP contribution in [0.5, 0.6) is 0 Å². The fourth-order valence-electron chi connectivity index (χ4n) is 1.93. The van der Waals surface area contributed by atoms with Crippen LogP contribution in [0.4, 0.5) is 0 Å². The monoisotopic (exact) mass is 217 g/mol. The highest BCUT2D eigenvalue weighted by Crippen LogP contribution is 2.27. The molecule has 0 saturated heterocycles. The van der Waals surface area contributed by atoms with Crippen LogP contribution in [0.2, 0.25) is 0 Å². The summed E-state index contributed by atoms with van der Waals surface area (Å²) in [6.07, 6.45) is 4.94. The predicted molar refractivity (Wildman–Crippen MR) is 58.6 cm³/mol. The van der Waals surface area contributed by atoms with Crippen LogP contribution < -0.4 is 5.32 Å². The van der Waals surface area contributed by atoms with Gasteiger partial charge in [-0.05, 0) is 19.8 Å². The summed E-state index contributed by atoms with van der Waals surface area (Å²) in [5.74, 6) is 0. The highest BCUT2D eigenvalue weighted by atomic mass is 16.3. The number of nitrogens with one attached hydrogen (secondary N) is 1. The molecular weight excluding hydrogens is 194 g/mol. The normalized spacial score (nSPS) is 21.6. The van der Waals surface area contributed by atoms with Crippen LogP contribution in [0.15, 0.2) is 0 Å². The first-order chi connectivity index (χ1) is 7.04. The molecule has 4 nitrogen and oxygen atoms in total. The molecule has 0 aromatic rings. The lowest BCUT2D eigenvalue weighted by atomic mass is 9.84. The van der Waals surface area contributed by atoms with Gasteiger partial charge in [-0.3, -0.25) is 0 Å². The Bertz CT molecular complexity index is 186. The second-order valence-corrected chi connectivity index (χ2v) is 5.02. The van der Waals surface area contributed by atoms with E-state index in [2.05, 4.69) is 5.32 Å². The highest BCUT2D eigenvalue weighted by molar-refractivity contribution is 4.89. The van der Waals surface area contributed by atoms with Crippen molar-refractivity contribution >= 4 is 0 Å². The molecule has 1 aliphatic carbocycles. The fourth-order valence-corrected chi connectivity index (χ4v) is 1.93. The third kappa shape index (κ3) is 3.72. The van der Waals surface area contributed by atoms with Crippen molar-refractivity contribution in [2.24, 2.45) is 0 Å². The van der Waals surface area contributed by atoms with E-state index in [1.54, 1.807) is 6.92 Å². The third-order valence-electron chi connectivity index (χ3n) is 3.33. The van der Waals surface area contributed by atoms with E-state index in [1.165, 1.54) is 6.42 Å². The molecule has 1 saturated carbocycles. The van der Waals surface area contributed by atoms with E-state index >= 15 is 0 Å². The maximum Gasteiger partial charge on any atom is 0.0771 e. The first kappa shape index (κ1) is 12.9. The predicted octanol–water partition coefficient (Wildman–Crippen LogP) is 0.0145. The zero-order chi connectivity index (χ0) is 11.4. The minimum absolute atomic E-state index is 0.125. The molecule has 1 fully saturated rings. The van der Waals surface area contributed by atoms with Gasteiger partial charge in [-0.2, -0.15) is 0 Å². The number of aliphatic hydroxyl groups excluding tert-OH is 2. The molecule has 1 aliphatic rings. The molecule has 0 unspecified atom stereocenters. The maximum atomic E-state index is 10.2. The van der Waals surface area contributed by atoms with Crippen LogP contribution in [0, 0.1) is 0 Å². The summed E-state index contributed by atoms with van der Waals surface area (Å²) in [5.41, 5.74) is -1.34. The summed E-state index contributed by atoms with van der Waals surface area (Å²) < 4.78 is 0. The van der Waals surface area contributed by atoms with Gasteiger partial charge < -0.3 is 20.6 Å². The standard InChI is InChI=1S/C11H23NO3/c1-10(8-13,9-14)12-7-11(15)5-3-2-4-6-11/h12-15H,2-9H2,1H3. The summed E-state index contributed by atoms with van der Waals surface area (Å²) in [5, 5.41) is 31.4. The van der Waals surface area contributed by atoms with E-state index in [4.69, 9.17) is 10.2 Å². The SMILES string of the molecule is CC(CO)(CO)NCC1(O)CCCCC1. The first-order valence-corrected chi connectivity index (χ1v) is 5.73. The van der Waals surface area contributed by atoms with E-state index in [1.807, 2.05) is 0 Å². The second kappa shape index (κ2) is 5.25. The average molecular weight is 217 g/mol. The first-order valence-electron chi connectivity index (χ1n) is 5.73. The summed E-state index contributed by atoms with van der Waals surface area (Å²) in [6.45, 7) is 1.95. The van der Waals surface area contributed by atoms with Gasteiger partial charge in [-0.25, -0.2) is 0 Å². The van der Waals surface area contributed by atoms with Gasteiger partial charge in [0.25, 0.3) is 0 Å². The van der Waals surface area contributed by atoms with Gasteiger partial charge >= 0.3 is 0 Å². The van der Waals surface area contributed by atoms with Gasteiger partial charge in [-0.15, -0.1) is 0 Å². The number of hydrogen-bond acceptors (Lipinski definition) is 4. The molecule has 0 aliphatic heterocycles. The number of aliphatic hydroxyl groups is 3. The number of β-amino-alcohol motifs (C(OH)–C–C–N with tert-alkyl or cyclic N) is 1. The Morgan fingerprint density at radius 3 is 2.13 bits per heavy atom. The molecule has 90 valence electrons. The Kier molecular flexibility index (Phi) is 4.52. The van der Waals surface area contributed by atoms with E-state index in [0.29, 0.717) is 6.54 Å². The van der Waals surface area contributed by atoms with Crippen LogP contribution in [-0.2, 0) is 0 Å². The molecule has 1 rings (SSSR count). The van der Waals surface area contributed by atoms with Crippen molar-refractivity contribution in [3.63, 3.8) is 0 Å². The third-order valence-corrected chi connectivity index (χ3v) is 3.33. The van der Waals surface area contributed by atoms with Gasteiger partial charge in [0.2, 0.25) is 0 Å². The Balaban J connectivity index is 2.40. The van der Waals surface area contributed by atoms with Gasteiger partial charge in [0.15, 0.2) is 0 Å². The molecule has 0 amide bonds. The zero-order valence-corrected chi connectivity index (χ0v) is 9.50. The second-order valence-electron chi connectivity index (χ2n) is 5.02. The Morgan fingerprint density at radius 1 is 1.13 bits per heavy atom. The number of rotatable bonds is 5. The molecule has 0 aromatic heterocycles. The van der Waals surface area contributed by atoms with E-state index in [0.717, 1.165) is 25.7 Å². The Labute approximate surface area is 91.3 Å². The van der Waals surface area contributed by atoms with Crippen LogP contribution in [-0.4, -0.2) is 46.2 Å². The maximum absolute atomic E-state index is 10.2. The zero-order valence-electron chi connectivity index (χ0n) is 9.50. The van der Waals surface area contributed by atoms with Gasteiger partial charge in [0.05, 0.1) is 24.4 Å². The van der Waals surface area contributed by atoms with Crippen LogP contribution in [0.3, 0.4) is 0 Å². The highest BCUT2D eigenvalue weighted by Gasteiger charge is 2.32. The molecule has 0 bridgehead atoms. The van der Waals surface area contributed by atoms with Crippen molar-refractivity contribution in [1.82, 2.24) is 5.32 Å². The smallest absolute Gasteiger partial charge is 0.0771 e. The van der Waals surface area contributed by atoms with Gasteiger partial charge in [-0.1, -0.05) is 19.3 Å². The largest absolute Gasteiger partial charge is 0.394 e. The molecule has 0 radical (unpaired) electrons. The lowest BCUT2D eigenvalue weighted by Crippen LogP contribution is -2.55. The van der Waals surface area contributed by atoms with E-state index in [9.17, 15) is 5.11 Å². The summed E-state index contributed by atoms with van der Waals surface area (Å²) in [4.78, 5) is 0. The fraction of sp³-hybridized carbons (Fsp3) is 1.00. The number of hydrogen-bond donors (Lipinski definition) is 4. The van der Waals surface area contributed by atoms with Crippen LogP contribution >= 0.6 is 0 Å². The summed E-state index contributed by atoms with van der Waals surface area (Å²) in [7, 11) is 0. The lowest BCUT2D eigenvalue weighted by molar-refractivity contribution is -0.00984. The van der Waals surface area contributed by atoms with Crippen LogP contribution in [0.25, 0.3) is 0 Å². The average Bonchev–Trinajstić information content (AvgIpc) is 2.27. The molecule has 4 heteroatoms. The van der Waals surface area contributed by atoms with Crippen molar-refractivity contribution in [3.05, 3.63) is 0 Å². The van der Waals surface area contributed by atoms with Crippen molar-refractivity contribution in [1.29, 1.82) is 0 Å². The van der Waals surface area contributed by atoms with Crippen molar-refractivity contribution < 1.29 is 15.3 Å².